The molecule has 118 valence electrons. The fourth-order valence-corrected chi connectivity index (χ4v) is 3.31. The van der Waals surface area contributed by atoms with Crippen LogP contribution in [0.2, 0.25) is 0 Å². The van der Waals surface area contributed by atoms with Crippen molar-refractivity contribution in [2.45, 2.75) is 25.8 Å². The molecule has 0 bridgehead atoms. The summed E-state index contributed by atoms with van der Waals surface area (Å²) in [6.45, 7) is 5.93. The summed E-state index contributed by atoms with van der Waals surface area (Å²) < 4.78 is 5.32. The minimum atomic E-state index is -0.952. The van der Waals surface area contributed by atoms with Crippen molar-refractivity contribution >= 4 is 17.6 Å². The quantitative estimate of drug-likeness (QED) is 0.832. The molecular weight excluding hydrogens is 282 g/mol. The average Bonchev–Trinajstić information content (AvgIpc) is 2.76. The first kappa shape index (κ1) is 14.7. The van der Waals surface area contributed by atoms with E-state index in [-0.39, 0.29) is 5.91 Å². The molecule has 0 aromatic heterocycles. The van der Waals surface area contributed by atoms with Crippen LogP contribution in [0.1, 0.15) is 25.8 Å². The van der Waals surface area contributed by atoms with Crippen molar-refractivity contribution in [3.8, 4) is 5.75 Å². The van der Waals surface area contributed by atoms with Crippen LogP contribution in [0.25, 0.3) is 0 Å². The molecule has 1 fully saturated rings. The monoisotopic (exact) mass is 303 g/mol. The van der Waals surface area contributed by atoms with Crippen molar-refractivity contribution in [3.05, 3.63) is 23.8 Å². The number of hydrogen-bond donors (Lipinski definition) is 2. The number of benzene rings is 1. The predicted octanol–water partition coefficient (Wildman–Crippen LogP) is 1.60. The first-order valence-corrected chi connectivity index (χ1v) is 7.53. The highest BCUT2D eigenvalue weighted by molar-refractivity contribution is 6.08. The second-order valence-electron chi connectivity index (χ2n) is 6.29. The Morgan fingerprint density at radius 3 is 2.73 bits per heavy atom. The van der Waals surface area contributed by atoms with Gasteiger partial charge in [-0.3, -0.25) is 10.1 Å². The van der Waals surface area contributed by atoms with E-state index in [1.807, 2.05) is 18.2 Å². The van der Waals surface area contributed by atoms with Gasteiger partial charge >= 0.3 is 6.03 Å². The average molecular weight is 303 g/mol. The van der Waals surface area contributed by atoms with Crippen molar-refractivity contribution in [2.75, 3.05) is 25.1 Å². The van der Waals surface area contributed by atoms with E-state index in [9.17, 15) is 9.59 Å². The van der Waals surface area contributed by atoms with E-state index in [0.717, 1.165) is 23.5 Å². The number of hydrogen-bond acceptors (Lipinski definition) is 4. The normalized spacial score (nSPS) is 23.5. The van der Waals surface area contributed by atoms with Gasteiger partial charge in [-0.25, -0.2) is 4.79 Å². The lowest BCUT2D eigenvalue weighted by atomic mass is 9.81. The van der Waals surface area contributed by atoms with Crippen LogP contribution < -0.4 is 20.3 Å². The van der Waals surface area contributed by atoms with Crippen LogP contribution in [0.5, 0.6) is 5.75 Å². The number of methoxy groups -OCH3 is 1. The lowest BCUT2D eigenvalue weighted by Crippen LogP contribution is -2.51. The maximum atomic E-state index is 12.4. The van der Waals surface area contributed by atoms with Gasteiger partial charge in [0, 0.05) is 36.8 Å². The van der Waals surface area contributed by atoms with Gasteiger partial charge in [0.05, 0.1) is 7.11 Å². The second kappa shape index (κ2) is 5.19. The molecule has 22 heavy (non-hydrogen) atoms. The molecule has 3 amide bonds. The van der Waals surface area contributed by atoms with Gasteiger partial charge in [0.1, 0.15) is 11.3 Å². The number of rotatable bonds is 3. The number of ether oxygens (including phenoxy) is 1. The van der Waals surface area contributed by atoms with E-state index >= 15 is 0 Å². The van der Waals surface area contributed by atoms with Crippen LogP contribution in [-0.4, -0.2) is 32.1 Å². The molecule has 0 saturated carbocycles. The smallest absolute Gasteiger partial charge is 0.322 e. The van der Waals surface area contributed by atoms with Gasteiger partial charge in [-0.15, -0.1) is 0 Å². The highest BCUT2D eigenvalue weighted by Gasteiger charge is 2.51. The van der Waals surface area contributed by atoms with E-state index in [2.05, 4.69) is 29.4 Å². The summed E-state index contributed by atoms with van der Waals surface area (Å²) in [5.74, 6) is 0.975. The molecule has 3 rings (SSSR count). The molecule has 2 heterocycles. The van der Waals surface area contributed by atoms with Crippen molar-refractivity contribution in [3.63, 3.8) is 0 Å². The number of nitrogens with one attached hydrogen (secondary N) is 2. The van der Waals surface area contributed by atoms with Crippen molar-refractivity contribution in [1.29, 1.82) is 0 Å². The third-order valence-corrected chi connectivity index (χ3v) is 4.29. The van der Waals surface area contributed by atoms with Gasteiger partial charge < -0.3 is 15.0 Å². The Labute approximate surface area is 129 Å². The molecule has 1 aromatic rings. The van der Waals surface area contributed by atoms with Crippen LogP contribution >= 0.6 is 0 Å². The molecule has 1 aromatic carbocycles. The number of fused-ring (bicyclic) bond motifs is 2. The zero-order valence-corrected chi connectivity index (χ0v) is 13.1. The molecule has 6 nitrogen and oxygen atoms in total. The van der Waals surface area contributed by atoms with Crippen LogP contribution in [0, 0.1) is 5.92 Å². The Kier molecular flexibility index (Phi) is 3.47. The summed E-state index contributed by atoms with van der Waals surface area (Å²) in [6, 6.07) is 5.23. The number of carbonyl (C=O) groups excluding carboxylic acids is 2. The number of urea groups is 1. The Balaban J connectivity index is 2.09. The molecule has 1 atom stereocenters. The molecule has 0 aliphatic carbocycles. The first-order chi connectivity index (χ1) is 10.5. The van der Waals surface area contributed by atoms with Gasteiger partial charge in [0.15, 0.2) is 0 Å². The minimum Gasteiger partial charge on any atom is -0.497 e. The van der Waals surface area contributed by atoms with E-state index < -0.39 is 11.6 Å². The standard InChI is InChI=1S/C16H21N3O3/c1-10(2)9-19-7-6-16(14(20)17-15(21)18-16)12-5-4-11(22-3)8-13(12)19/h4-5,8,10H,6-7,9H2,1-3H3,(H2,17,18,20,21). The Bertz CT molecular complexity index is 629. The summed E-state index contributed by atoms with van der Waals surface area (Å²) in [4.78, 5) is 26.3. The number of nitrogens with zero attached hydrogens (tertiary/aromatic N) is 1. The number of amides is 3. The van der Waals surface area contributed by atoms with Gasteiger partial charge in [0.25, 0.3) is 5.91 Å². The van der Waals surface area contributed by atoms with Crippen LogP contribution in [0.15, 0.2) is 18.2 Å². The lowest BCUT2D eigenvalue weighted by molar-refractivity contribution is -0.124. The summed E-state index contributed by atoms with van der Waals surface area (Å²) in [5, 5.41) is 5.18. The number of carbonyl (C=O) groups is 2. The minimum absolute atomic E-state index is 0.270. The Morgan fingerprint density at radius 1 is 1.36 bits per heavy atom. The zero-order chi connectivity index (χ0) is 15.9. The van der Waals surface area contributed by atoms with Crippen LogP contribution in [0.4, 0.5) is 10.5 Å². The zero-order valence-electron chi connectivity index (χ0n) is 13.1. The Hall–Kier alpha value is -2.24. The largest absolute Gasteiger partial charge is 0.497 e. The molecule has 6 heteroatoms. The highest BCUT2D eigenvalue weighted by atomic mass is 16.5. The Morgan fingerprint density at radius 2 is 2.14 bits per heavy atom. The fourth-order valence-electron chi connectivity index (χ4n) is 3.31. The van der Waals surface area contributed by atoms with Gasteiger partial charge in [-0.05, 0) is 12.0 Å². The highest BCUT2D eigenvalue weighted by Crippen LogP contribution is 2.42. The summed E-state index contributed by atoms with van der Waals surface area (Å²) in [6.07, 6.45) is 0.566. The van der Waals surface area contributed by atoms with Crippen LogP contribution in [0.3, 0.4) is 0 Å². The van der Waals surface area contributed by atoms with Gasteiger partial charge in [-0.1, -0.05) is 19.9 Å². The SMILES string of the molecule is COc1ccc2c(c1)N(CC(C)C)CCC21NC(=O)NC1=O. The first-order valence-electron chi connectivity index (χ1n) is 7.53. The molecule has 2 N–H and O–H groups in total. The molecule has 1 unspecified atom stereocenters. The molecule has 1 spiro atoms. The topological polar surface area (TPSA) is 70.7 Å². The maximum absolute atomic E-state index is 12.4. The molecule has 1 saturated heterocycles. The molecule has 0 radical (unpaired) electrons. The third kappa shape index (κ3) is 2.19. The van der Waals surface area contributed by atoms with Crippen LogP contribution in [-0.2, 0) is 10.3 Å². The third-order valence-electron chi connectivity index (χ3n) is 4.29. The number of imide groups is 1. The van der Waals surface area contributed by atoms with Gasteiger partial charge in [-0.2, -0.15) is 0 Å². The molecule has 2 aliphatic heterocycles. The second-order valence-corrected chi connectivity index (χ2v) is 6.29. The predicted molar refractivity (Wildman–Crippen MR) is 83.0 cm³/mol. The molecule has 2 aliphatic rings. The van der Waals surface area contributed by atoms with Crippen molar-refractivity contribution in [2.24, 2.45) is 5.92 Å². The van der Waals surface area contributed by atoms with Gasteiger partial charge in [0.2, 0.25) is 0 Å². The van der Waals surface area contributed by atoms with E-state index in [0.29, 0.717) is 18.9 Å². The summed E-state index contributed by atoms with van der Waals surface area (Å²) >= 11 is 0. The van der Waals surface area contributed by atoms with E-state index in [1.165, 1.54) is 0 Å². The van der Waals surface area contributed by atoms with Crippen molar-refractivity contribution < 1.29 is 14.3 Å². The number of anilines is 1. The maximum Gasteiger partial charge on any atom is 0.322 e. The lowest BCUT2D eigenvalue weighted by Gasteiger charge is -2.40. The summed E-state index contributed by atoms with van der Waals surface area (Å²) in [7, 11) is 1.62. The van der Waals surface area contributed by atoms with Crippen molar-refractivity contribution in [1.82, 2.24) is 10.6 Å². The van der Waals surface area contributed by atoms with E-state index in [4.69, 9.17) is 4.74 Å². The summed E-state index contributed by atoms with van der Waals surface area (Å²) in [5.41, 5.74) is 0.840. The molecular formula is C16H21N3O3. The fraction of sp³-hybridized carbons (Fsp3) is 0.500. The van der Waals surface area contributed by atoms with E-state index in [1.54, 1.807) is 7.11 Å².